The molecule has 2 aromatic rings. The first-order valence-electron chi connectivity index (χ1n) is 6.51. The van der Waals surface area contributed by atoms with E-state index in [1.165, 1.54) is 17.5 Å². The third-order valence-corrected chi connectivity index (χ3v) is 3.49. The first-order chi connectivity index (χ1) is 8.76. The maximum Gasteiger partial charge on any atom is 0.236 e. The quantitative estimate of drug-likeness (QED) is 0.896. The molecule has 0 fully saturated rings. The van der Waals surface area contributed by atoms with E-state index >= 15 is 0 Å². The van der Waals surface area contributed by atoms with Gasteiger partial charge >= 0.3 is 0 Å². The van der Waals surface area contributed by atoms with E-state index in [-0.39, 0.29) is 6.04 Å². The first-order valence-corrected chi connectivity index (χ1v) is 6.51. The van der Waals surface area contributed by atoms with Gasteiger partial charge in [0.25, 0.3) is 0 Å². The molecule has 1 aliphatic rings. The van der Waals surface area contributed by atoms with Crippen LogP contribution in [0.3, 0.4) is 0 Å². The zero-order valence-electron chi connectivity index (χ0n) is 10.6. The molecule has 0 amide bonds. The van der Waals surface area contributed by atoms with E-state index in [1.807, 2.05) is 6.92 Å². The summed E-state index contributed by atoms with van der Waals surface area (Å²) in [6.45, 7) is 2.64. The predicted octanol–water partition coefficient (Wildman–Crippen LogP) is 1.82. The second-order valence-electron chi connectivity index (χ2n) is 4.85. The van der Waals surface area contributed by atoms with Gasteiger partial charge in [-0.3, -0.25) is 0 Å². The Kier molecular flexibility index (Phi) is 2.91. The summed E-state index contributed by atoms with van der Waals surface area (Å²) in [7, 11) is 0. The van der Waals surface area contributed by atoms with Crippen LogP contribution < -0.4 is 5.73 Å². The monoisotopic (exact) mass is 246 g/mol. The van der Waals surface area contributed by atoms with Crippen molar-refractivity contribution in [1.82, 2.24) is 14.8 Å². The number of nitrogens with zero attached hydrogens (tertiary/aromatic N) is 3. The van der Waals surface area contributed by atoms with Gasteiger partial charge in [-0.1, -0.05) is 6.92 Å². The van der Waals surface area contributed by atoms with E-state index in [0.29, 0.717) is 18.3 Å². The zero-order valence-corrected chi connectivity index (χ0v) is 10.6. The van der Waals surface area contributed by atoms with E-state index in [4.69, 9.17) is 10.2 Å². The minimum atomic E-state index is 0.184. The van der Waals surface area contributed by atoms with Crippen LogP contribution in [0, 0.1) is 0 Å². The minimum Gasteiger partial charge on any atom is -0.423 e. The predicted molar refractivity (Wildman–Crippen MR) is 67.1 cm³/mol. The van der Waals surface area contributed by atoms with Gasteiger partial charge in [-0.05, 0) is 30.4 Å². The fraction of sp³-hybridized carbons (Fsp3) is 0.538. The standard InChI is InChI=1S/C13H18N4O/c1-2-12-15-16-13(18-12)8-17-6-9-4-3-5-11(14)10(9)7-17/h6-7,11H,2-5,8,14H2,1H3. The number of aryl methyl sites for hydroxylation is 2. The third kappa shape index (κ3) is 2.06. The topological polar surface area (TPSA) is 69.9 Å². The maximum atomic E-state index is 6.11. The number of hydrogen-bond acceptors (Lipinski definition) is 4. The molecular formula is C13H18N4O. The van der Waals surface area contributed by atoms with Gasteiger partial charge in [-0.15, -0.1) is 10.2 Å². The molecule has 0 spiro atoms. The summed E-state index contributed by atoms with van der Waals surface area (Å²) in [6.07, 6.45) is 8.44. The van der Waals surface area contributed by atoms with Gasteiger partial charge in [0.1, 0.15) is 6.54 Å². The molecular weight excluding hydrogens is 228 g/mol. The molecule has 0 saturated carbocycles. The fourth-order valence-electron chi connectivity index (χ4n) is 2.53. The molecule has 0 saturated heterocycles. The lowest BCUT2D eigenvalue weighted by Gasteiger charge is -2.17. The molecule has 3 rings (SSSR count). The van der Waals surface area contributed by atoms with Crippen LogP contribution in [0.25, 0.3) is 0 Å². The van der Waals surface area contributed by atoms with Crippen LogP contribution in [-0.4, -0.2) is 14.8 Å². The van der Waals surface area contributed by atoms with Gasteiger partial charge in [0.15, 0.2) is 0 Å². The van der Waals surface area contributed by atoms with E-state index in [0.717, 1.165) is 19.3 Å². The smallest absolute Gasteiger partial charge is 0.236 e. The van der Waals surface area contributed by atoms with Crippen LogP contribution in [0.5, 0.6) is 0 Å². The lowest BCUT2D eigenvalue weighted by atomic mass is 9.92. The van der Waals surface area contributed by atoms with E-state index in [9.17, 15) is 0 Å². The Morgan fingerprint density at radius 2 is 2.22 bits per heavy atom. The van der Waals surface area contributed by atoms with Crippen molar-refractivity contribution in [3.05, 3.63) is 35.3 Å². The summed E-state index contributed by atoms with van der Waals surface area (Å²) in [4.78, 5) is 0. The van der Waals surface area contributed by atoms with Crippen molar-refractivity contribution < 1.29 is 4.42 Å². The first kappa shape index (κ1) is 11.5. The molecule has 18 heavy (non-hydrogen) atoms. The molecule has 5 nitrogen and oxygen atoms in total. The summed E-state index contributed by atoms with van der Waals surface area (Å²) in [5.41, 5.74) is 8.75. The molecule has 2 aromatic heterocycles. The van der Waals surface area contributed by atoms with Crippen LogP contribution in [0.4, 0.5) is 0 Å². The summed E-state index contributed by atoms with van der Waals surface area (Å²) in [6, 6.07) is 0.184. The van der Waals surface area contributed by atoms with E-state index < -0.39 is 0 Å². The normalized spacial score (nSPS) is 18.9. The highest BCUT2D eigenvalue weighted by molar-refractivity contribution is 5.30. The minimum absolute atomic E-state index is 0.184. The maximum absolute atomic E-state index is 6.11. The van der Waals surface area contributed by atoms with Crippen molar-refractivity contribution in [3.8, 4) is 0 Å². The molecule has 1 aliphatic carbocycles. The van der Waals surface area contributed by atoms with Crippen LogP contribution in [-0.2, 0) is 19.4 Å². The number of hydrogen-bond donors (Lipinski definition) is 1. The molecule has 1 unspecified atom stereocenters. The van der Waals surface area contributed by atoms with Crippen molar-refractivity contribution in [3.63, 3.8) is 0 Å². The van der Waals surface area contributed by atoms with Gasteiger partial charge < -0.3 is 14.7 Å². The molecule has 0 bridgehead atoms. The molecule has 2 N–H and O–H groups in total. The number of rotatable bonds is 3. The van der Waals surface area contributed by atoms with Crippen molar-refractivity contribution in [2.24, 2.45) is 5.73 Å². The zero-order chi connectivity index (χ0) is 12.5. The SMILES string of the molecule is CCc1nnc(Cn2cc3c(c2)C(N)CCC3)o1. The average molecular weight is 246 g/mol. The molecule has 0 radical (unpaired) electrons. The lowest BCUT2D eigenvalue weighted by molar-refractivity contribution is 0.442. The Labute approximate surface area is 106 Å². The van der Waals surface area contributed by atoms with Gasteiger partial charge in [-0.25, -0.2) is 0 Å². The molecule has 0 aromatic carbocycles. The van der Waals surface area contributed by atoms with Gasteiger partial charge in [0, 0.05) is 24.9 Å². The van der Waals surface area contributed by atoms with Gasteiger partial charge in [-0.2, -0.15) is 0 Å². The fourth-order valence-corrected chi connectivity index (χ4v) is 2.53. The van der Waals surface area contributed by atoms with Crippen LogP contribution in [0.1, 0.15) is 48.7 Å². The Bertz CT molecular complexity index is 543. The van der Waals surface area contributed by atoms with Crippen molar-refractivity contribution >= 4 is 0 Å². The largest absolute Gasteiger partial charge is 0.423 e. The summed E-state index contributed by atoms with van der Waals surface area (Å²) >= 11 is 0. The highest BCUT2D eigenvalue weighted by Gasteiger charge is 2.19. The Balaban J connectivity index is 1.81. The van der Waals surface area contributed by atoms with Gasteiger partial charge in [0.05, 0.1) is 0 Å². The second kappa shape index (κ2) is 4.57. The van der Waals surface area contributed by atoms with Crippen LogP contribution >= 0.6 is 0 Å². The van der Waals surface area contributed by atoms with Crippen LogP contribution in [0.2, 0.25) is 0 Å². The highest BCUT2D eigenvalue weighted by atomic mass is 16.4. The lowest BCUT2D eigenvalue weighted by Crippen LogP contribution is -2.15. The molecule has 5 heteroatoms. The Hall–Kier alpha value is -1.62. The summed E-state index contributed by atoms with van der Waals surface area (Å²) in [5.74, 6) is 1.35. The van der Waals surface area contributed by atoms with E-state index in [2.05, 4.69) is 27.2 Å². The highest BCUT2D eigenvalue weighted by Crippen LogP contribution is 2.28. The summed E-state index contributed by atoms with van der Waals surface area (Å²) < 4.78 is 7.62. The van der Waals surface area contributed by atoms with Crippen molar-refractivity contribution in [1.29, 1.82) is 0 Å². The number of aromatic nitrogens is 3. The van der Waals surface area contributed by atoms with Crippen molar-refractivity contribution in [2.45, 2.75) is 45.2 Å². The van der Waals surface area contributed by atoms with Crippen molar-refractivity contribution in [2.75, 3.05) is 0 Å². The molecule has 96 valence electrons. The van der Waals surface area contributed by atoms with Gasteiger partial charge in [0.2, 0.25) is 11.8 Å². The number of nitrogens with two attached hydrogens (primary N) is 1. The molecule has 0 aliphatic heterocycles. The summed E-state index contributed by atoms with van der Waals surface area (Å²) in [5, 5.41) is 8.01. The number of fused-ring (bicyclic) bond motifs is 1. The Morgan fingerprint density at radius 3 is 2.94 bits per heavy atom. The second-order valence-corrected chi connectivity index (χ2v) is 4.85. The third-order valence-electron chi connectivity index (χ3n) is 3.49. The van der Waals surface area contributed by atoms with E-state index in [1.54, 1.807) is 0 Å². The molecule has 2 heterocycles. The average Bonchev–Trinajstić information content (AvgIpc) is 2.96. The van der Waals surface area contributed by atoms with Crippen LogP contribution in [0.15, 0.2) is 16.8 Å². The Morgan fingerprint density at radius 1 is 1.39 bits per heavy atom. The molecule has 1 atom stereocenters.